The molecule has 144 valence electrons. The molecule has 1 aromatic heterocycles. The lowest BCUT2D eigenvalue weighted by Crippen LogP contribution is -2.43. The van der Waals surface area contributed by atoms with E-state index < -0.39 is 0 Å². The lowest BCUT2D eigenvalue weighted by molar-refractivity contribution is 0.0690. The first-order chi connectivity index (χ1) is 13.2. The van der Waals surface area contributed by atoms with Gasteiger partial charge in [-0.15, -0.1) is 0 Å². The van der Waals surface area contributed by atoms with Crippen molar-refractivity contribution < 1.29 is 14.0 Å². The Labute approximate surface area is 159 Å². The number of benzene rings is 1. The maximum Gasteiger partial charge on any atom is 0.314 e. The minimum absolute atomic E-state index is 0.0197. The number of rotatable bonds is 7. The van der Waals surface area contributed by atoms with Crippen LogP contribution in [0.1, 0.15) is 35.2 Å². The van der Waals surface area contributed by atoms with Crippen LogP contribution < -0.4 is 10.6 Å². The first-order valence-electron chi connectivity index (χ1n) is 9.59. The van der Waals surface area contributed by atoms with Gasteiger partial charge in [-0.1, -0.05) is 30.3 Å². The summed E-state index contributed by atoms with van der Waals surface area (Å²) in [6, 6.07) is 11.9. The Morgan fingerprint density at radius 1 is 1.07 bits per heavy atom. The molecule has 3 amide bonds. The van der Waals surface area contributed by atoms with Gasteiger partial charge in [-0.3, -0.25) is 4.79 Å². The smallest absolute Gasteiger partial charge is 0.314 e. The highest BCUT2D eigenvalue weighted by atomic mass is 16.3. The Hall–Kier alpha value is -2.76. The number of furan rings is 1. The molecule has 0 radical (unpaired) electrons. The number of carbonyl (C=O) groups is 2. The number of nitrogens with zero attached hydrogens (tertiary/aromatic N) is 1. The fourth-order valence-corrected chi connectivity index (χ4v) is 3.35. The standard InChI is InChI=1S/C21H27N3O3/c25-20(19-10-14-27-16-19)24-12-8-18(9-13-24)15-23-21(26)22-11-4-7-17-5-2-1-3-6-17/h1-3,5-6,10,14,16,18H,4,7-9,11-13,15H2,(H2,22,23,26). The van der Waals surface area contributed by atoms with Gasteiger partial charge in [0.15, 0.2) is 0 Å². The van der Waals surface area contributed by atoms with E-state index in [0.717, 1.165) is 38.8 Å². The number of urea groups is 1. The van der Waals surface area contributed by atoms with Gasteiger partial charge in [0.2, 0.25) is 0 Å². The molecule has 0 atom stereocenters. The van der Waals surface area contributed by atoms with Gasteiger partial charge in [-0.05, 0) is 43.2 Å². The van der Waals surface area contributed by atoms with Crippen LogP contribution in [0.25, 0.3) is 0 Å². The van der Waals surface area contributed by atoms with Crippen LogP contribution in [0.4, 0.5) is 4.79 Å². The van der Waals surface area contributed by atoms with Crippen molar-refractivity contribution in [2.45, 2.75) is 25.7 Å². The van der Waals surface area contributed by atoms with Gasteiger partial charge in [-0.25, -0.2) is 4.79 Å². The Kier molecular flexibility index (Phi) is 6.90. The van der Waals surface area contributed by atoms with Gasteiger partial charge in [0.05, 0.1) is 11.8 Å². The lowest BCUT2D eigenvalue weighted by Gasteiger charge is -2.31. The van der Waals surface area contributed by atoms with Crippen molar-refractivity contribution in [1.82, 2.24) is 15.5 Å². The third kappa shape index (κ3) is 5.88. The molecule has 3 rings (SSSR count). The summed E-state index contributed by atoms with van der Waals surface area (Å²) in [7, 11) is 0. The van der Waals surface area contributed by atoms with E-state index in [1.54, 1.807) is 6.07 Å². The Morgan fingerprint density at radius 2 is 1.85 bits per heavy atom. The number of hydrogen-bond donors (Lipinski definition) is 2. The molecule has 0 spiro atoms. The second kappa shape index (κ2) is 9.80. The normalized spacial score (nSPS) is 14.7. The van der Waals surface area contributed by atoms with Crippen LogP contribution in [0.5, 0.6) is 0 Å². The van der Waals surface area contributed by atoms with E-state index in [1.165, 1.54) is 18.1 Å². The first-order valence-corrected chi connectivity index (χ1v) is 9.59. The maximum absolute atomic E-state index is 12.3. The van der Waals surface area contributed by atoms with E-state index in [2.05, 4.69) is 22.8 Å². The SMILES string of the molecule is O=C(NCCCc1ccccc1)NCC1CCN(C(=O)c2ccoc2)CC1. The van der Waals surface area contributed by atoms with Gasteiger partial charge in [0, 0.05) is 26.2 Å². The van der Waals surface area contributed by atoms with Gasteiger partial charge < -0.3 is 20.0 Å². The zero-order chi connectivity index (χ0) is 18.9. The fourth-order valence-electron chi connectivity index (χ4n) is 3.35. The number of nitrogens with one attached hydrogen (secondary N) is 2. The van der Waals surface area contributed by atoms with E-state index in [0.29, 0.717) is 24.6 Å². The summed E-state index contributed by atoms with van der Waals surface area (Å²) in [6.07, 6.45) is 6.69. The van der Waals surface area contributed by atoms with Crippen molar-refractivity contribution in [1.29, 1.82) is 0 Å². The number of likely N-dealkylation sites (tertiary alicyclic amines) is 1. The number of piperidine rings is 1. The molecule has 0 unspecified atom stereocenters. The van der Waals surface area contributed by atoms with E-state index in [-0.39, 0.29) is 11.9 Å². The summed E-state index contributed by atoms with van der Waals surface area (Å²) < 4.78 is 4.98. The van der Waals surface area contributed by atoms with Gasteiger partial charge >= 0.3 is 6.03 Å². The molecule has 2 heterocycles. The molecule has 2 aromatic rings. The zero-order valence-corrected chi connectivity index (χ0v) is 15.5. The zero-order valence-electron chi connectivity index (χ0n) is 15.5. The monoisotopic (exact) mass is 369 g/mol. The topological polar surface area (TPSA) is 74.6 Å². The predicted octanol–water partition coefficient (Wildman–Crippen LogP) is 3.06. The Bertz CT molecular complexity index is 708. The molecule has 6 nitrogen and oxygen atoms in total. The first kappa shape index (κ1) is 19.0. The highest BCUT2D eigenvalue weighted by molar-refractivity contribution is 5.93. The molecule has 1 aliphatic heterocycles. The number of hydrogen-bond acceptors (Lipinski definition) is 3. The highest BCUT2D eigenvalue weighted by Gasteiger charge is 2.24. The summed E-state index contributed by atoms with van der Waals surface area (Å²) in [5, 5.41) is 5.87. The summed E-state index contributed by atoms with van der Waals surface area (Å²) in [5.41, 5.74) is 1.89. The van der Waals surface area contributed by atoms with Crippen LogP contribution in [0.2, 0.25) is 0 Å². The Morgan fingerprint density at radius 3 is 2.56 bits per heavy atom. The largest absolute Gasteiger partial charge is 0.472 e. The van der Waals surface area contributed by atoms with Gasteiger partial charge in [0.1, 0.15) is 6.26 Å². The minimum Gasteiger partial charge on any atom is -0.472 e. The molecule has 1 aliphatic rings. The number of carbonyl (C=O) groups excluding carboxylic acids is 2. The fraction of sp³-hybridized carbons (Fsp3) is 0.429. The summed E-state index contributed by atoms with van der Waals surface area (Å²) >= 11 is 0. The van der Waals surface area contributed by atoms with Crippen molar-refractivity contribution >= 4 is 11.9 Å². The molecule has 1 saturated heterocycles. The molecule has 27 heavy (non-hydrogen) atoms. The van der Waals surface area contributed by atoms with E-state index in [4.69, 9.17) is 4.42 Å². The average molecular weight is 369 g/mol. The summed E-state index contributed by atoms with van der Waals surface area (Å²) in [5.74, 6) is 0.430. The van der Waals surface area contributed by atoms with Crippen molar-refractivity contribution in [3.63, 3.8) is 0 Å². The van der Waals surface area contributed by atoms with Gasteiger partial charge in [0.25, 0.3) is 5.91 Å². The van der Waals surface area contributed by atoms with Crippen molar-refractivity contribution in [3.05, 3.63) is 60.1 Å². The summed E-state index contributed by atoms with van der Waals surface area (Å²) in [4.78, 5) is 26.0. The molecule has 1 aromatic carbocycles. The van der Waals surface area contributed by atoms with Crippen LogP contribution in [-0.2, 0) is 6.42 Å². The highest BCUT2D eigenvalue weighted by Crippen LogP contribution is 2.18. The molecule has 6 heteroatoms. The predicted molar refractivity (Wildman–Crippen MR) is 103 cm³/mol. The maximum atomic E-state index is 12.3. The summed E-state index contributed by atoms with van der Waals surface area (Å²) in [6.45, 7) is 2.75. The molecule has 0 saturated carbocycles. The Balaban J connectivity index is 1.27. The third-order valence-electron chi connectivity index (χ3n) is 4.99. The molecule has 0 aliphatic carbocycles. The van der Waals surface area contributed by atoms with Gasteiger partial charge in [-0.2, -0.15) is 0 Å². The second-order valence-electron chi connectivity index (χ2n) is 6.97. The molecule has 2 N–H and O–H groups in total. The second-order valence-corrected chi connectivity index (χ2v) is 6.97. The molecular weight excluding hydrogens is 342 g/mol. The van der Waals surface area contributed by atoms with Crippen LogP contribution >= 0.6 is 0 Å². The van der Waals surface area contributed by atoms with E-state index >= 15 is 0 Å². The number of aryl methyl sites for hydroxylation is 1. The van der Waals surface area contributed by atoms with Crippen molar-refractivity contribution in [3.8, 4) is 0 Å². The number of amides is 3. The quantitative estimate of drug-likeness (QED) is 0.737. The average Bonchev–Trinajstić information content (AvgIpc) is 3.25. The van der Waals surface area contributed by atoms with Crippen LogP contribution in [0, 0.1) is 5.92 Å². The molecular formula is C21H27N3O3. The minimum atomic E-state index is -0.111. The van der Waals surface area contributed by atoms with Crippen molar-refractivity contribution in [2.75, 3.05) is 26.2 Å². The molecule has 0 bridgehead atoms. The van der Waals surface area contributed by atoms with E-state index in [1.807, 2.05) is 23.1 Å². The van der Waals surface area contributed by atoms with E-state index in [9.17, 15) is 9.59 Å². The van der Waals surface area contributed by atoms with Crippen LogP contribution in [0.3, 0.4) is 0 Å². The van der Waals surface area contributed by atoms with Crippen molar-refractivity contribution in [2.24, 2.45) is 5.92 Å². The van der Waals surface area contributed by atoms with Crippen LogP contribution in [-0.4, -0.2) is 43.0 Å². The lowest BCUT2D eigenvalue weighted by atomic mass is 9.96. The van der Waals surface area contributed by atoms with Crippen LogP contribution in [0.15, 0.2) is 53.3 Å². The molecule has 1 fully saturated rings. The third-order valence-corrected chi connectivity index (χ3v) is 4.99.